The number of ether oxygens (including phenoxy) is 1. The number of hydrogen-bond acceptors (Lipinski definition) is 2. The summed E-state index contributed by atoms with van der Waals surface area (Å²) in [5, 5.41) is 3.46. The summed E-state index contributed by atoms with van der Waals surface area (Å²) in [6, 6.07) is 26.7. The molecular formula is C19H15NO. The second kappa shape index (κ2) is 4.98. The predicted octanol–water partition coefficient (Wildman–Crippen LogP) is 4.86. The molecule has 1 aliphatic heterocycles. The highest BCUT2D eigenvalue weighted by Crippen LogP contribution is 2.42. The first kappa shape index (κ1) is 12.0. The smallest absolute Gasteiger partial charge is 0.197 e. The van der Waals surface area contributed by atoms with Crippen LogP contribution in [0.2, 0.25) is 0 Å². The number of anilines is 1. The fourth-order valence-corrected chi connectivity index (χ4v) is 2.75. The number of fused-ring (bicyclic) bond motifs is 3. The van der Waals surface area contributed by atoms with Crippen molar-refractivity contribution in [2.45, 2.75) is 6.23 Å². The standard InChI is InChI=1S/C19H15NO/c1-2-8-14(9-3-1)20-19-17-12-5-4-10-15(17)16-11-6-7-13-18(16)21-19/h1-13,19-20H. The van der Waals surface area contributed by atoms with E-state index in [-0.39, 0.29) is 6.23 Å². The molecule has 1 atom stereocenters. The van der Waals surface area contributed by atoms with Gasteiger partial charge in [0.15, 0.2) is 6.23 Å². The summed E-state index contributed by atoms with van der Waals surface area (Å²) in [5.41, 5.74) is 4.60. The second-order valence-electron chi connectivity index (χ2n) is 5.09. The Kier molecular flexibility index (Phi) is 2.86. The van der Waals surface area contributed by atoms with Gasteiger partial charge < -0.3 is 10.1 Å². The van der Waals surface area contributed by atoms with Gasteiger partial charge in [0, 0.05) is 16.8 Å². The van der Waals surface area contributed by atoms with Crippen LogP contribution in [0.4, 0.5) is 5.69 Å². The van der Waals surface area contributed by atoms with Gasteiger partial charge in [-0.2, -0.15) is 0 Å². The van der Waals surface area contributed by atoms with Crippen molar-refractivity contribution in [3.63, 3.8) is 0 Å². The van der Waals surface area contributed by atoms with E-state index in [4.69, 9.17) is 4.74 Å². The van der Waals surface area contributed by atoms with Gasteiger partial charge in [-0.1, -0.05) is 60.7 Å². The van der Waals surface area contributed by atoms with Crippen molar-refractivity contribution >= 4 is 5.69 Å². The van der Waals surface area contributed by atoms with Crippen molar-refractivity contribution in [2.75, 3.05) is 5.32 Å². The third-order valence-corrected chi connectivity index (χ3v) is 3.74. The summed E-state index contributed by atoms with van der Waals surface area (Å²) in [6.45, 7) is 0. The molecule has 0 spiro atoms. The molecule has 4 rings (SSSR count). The van der Waals surface area contributed by atoms with Crippen LogP contribution < -0.4 is 10.1 Å². The SMILES string of the molecule is c1ccc(NC2Oc3ccccc3-c3ccccc32)cc1. The third-order valence-electron chi connectivity index (χ3n) is 3.74. The summed E-state index contributed by atoms with van der Waals surface area (Å²) >= 11 is 0. The van der Waals surface area contributed by atoms with Crippen LogP contribution in [0.1, 0.15) is 11.8 Å². The quantitative estimate of drug-likeness (QED) is 0.720. The molecule has 2 nitrogen and oxygen atoms in total. The van der Waals surface area contributed by atoms with Crippen LogP contribution in [0, 0.1) is 0 Å². The van der Waals surface area contributed by atoms with Crippen LogP contribution in [0.5, 0.6) is 5.75 Å². The molecule has 0 fully saturated rings. The fraction of sp³-hybridized carbons (Fsp3) is 0.0526. The van der Waals surface area contributed by atoms with E-state index in [1.54, 1.807) is 0 Å². The van der Waals surface area contributed by atoms with Gasteiger partial charge in [0.2, 0.25) is 0 Å². The Morgan fingerprint density at radius 2 is 1.33 bits per heavy atom. The number of benzene rings is 3. The maximum absolute atomic E-state index is 6.15. The summed E-state index contributed by atoms with van der Waals surface area (Å²) in [7, 11) is 0. The zero-order valence-electron chi connectivity index (χ0n) is 11.5. The van der Waals surface area contributed by atoms with Gasteiger partial charge in [0.05, 0.1) is 0 Å². The first-order valence-corrected chi connectivity index (χ1v) is 7.08. The summed E-state index contributed by atoms with van der Waals surface area (Å²) in [5.74, 6) is 0.921. The highest BCUT2D eigenvalue weighted by atomic mass is 16.5. The van der Waals surface area contributed by atoms with Gasteiger partial charge in [-0.25, -0.2) is 0 Å². The van der Waals surface area contributed by atoms with E-state index in [2.05, 4.69) is 35.6 Å². The Bertz CT molecular complexity index is 765. The number of rotatable bonds is 2. The molecule has 1 unspecified atom stereocenters. The lowest BCUT2D eigenvalue weighted by Gasteiger charge is -2.29. The second-order valence-corrected chi connectivity index (χ2v) is 5.09. The van der Waals surface area contributed by atoms with Crippen molar-refractivity contribution in [2.24, 2.45) is 0 Å². The van der Waals surface area contributed by atoms with E-state index in [0.717, 1.165) is 17.0 Å². The molecule has 1 heterocycles. The monoisotopic (exact) mass is 273 g/mol. The lowest BCUT2D eigenvalue weighted by Crippen LogP contribution is -2.21. The van der Waals surface area contributed by atoms with Crippen LogP contribution in [-0.2, 0) is 0 Å². The first-order chi connectivity index (χ1) is 10.4. The summed E-state index contributed by atoms with van der Waals surface area (Å²) in [6.07, 6.45) is -0.168. The largest absolute Gasteiger partial charge is 0.466 e. The number of para-hydroxylation sites is 2. The molecular weight excluding hydrogens is 258 g/mol. The molecule has 0 amide bonds. The Hall–Kier alpha value is -2.74. The highest BCUT2D eigenvalue weighted by Gasteiger charge is 2.25. The van der Waals surface area contributed by atoms with E-state index in [0.29, 0.717) is 0 Å². The van der Waals surface area contributed by atoms with Gasteiger partial charge >= 0.3 is 0 Å². The van der Waals surface area contributed by atoms with Gasteiger partial charge in [0.25, 0.3) is 0 Å². The molecule has 0 saturated carbocycles. The number of nitrogens with one attached hydrogen (secondary N) is 1. The maximum atomic E-state index is 6.15. The molecule has 0 bridgehead atoms. The van der Waals surface area contributed by atoms with Crippen molar-refractivity contribution in [3.05, 3.63) is 84.4 Å². The minimum absolute atomic E-state index is 0.168. The molecule has 102 valence electrons. The van der Waals surface area contributed by atoms with Gasteiger partial charge in [0.1, 0.15) is 5.75 Å². The average molecular weight is 273 g/mol. The third kappa shape index (κ3) is 2.15. The molecule has 1 aliphatic rings. The van der Waals surface area contributed by atoms with Crippen LogP contribution in [0.25, 0.3) is 11.1 Å². The van der Waals surface area contributed by atoms with E-state index >= 15 is 0 Å². The van der Waals surface area contributed by atoms with Crippen molar-refractivity contribution < 1.29 is 4.74 Å². The zero-order chi connectivity index (χ0) is 14.1. The molecule has 2 heteroatoms. The predicted molar refractivity (Wildman–Crippen MR) is 85.3 cm³/mol. The lowest BCUT2D eigenvalue weighted by molar-refractivity contribution is 0.232. The normalized spacial score (nSPS) is 15.5. The minimum atomic E-state index is -0.168. The highest BCUT2D eigenvalue weighted by molar-refractivity contribution is 5.76. The molecule has 0 saturated heterocycles. The van der Waals surface area contributed by atoms with Crippen molar-refractivity contribution in [3.8, 4) is 16.9 Å². The molecule has 3 aromatic carbocycles. The Labute approximate surface area is 124 Å². The summed E-state index contributed by atoms with van der Waals surface area (Å²) < 4.78 is 6.15. The molecule has 0 aliphatic carbocycles. The van der Waals surface area contributed by atoms with Crippen LogP contribution >= 0.6 is 0 Å². The topological polar surface area (TPSA) is 21.3 Å². The minimum Gasteiger partial charge on any atom is -0.466 e. The van der Waals surface area contributed by atoms with E-state index in [1.165, 1.54) is 11.1 Å². The molecule has 21 heavy (non-hydrogen) atoms. The van der Waals surface area contributed by atoms with Crippen LogP contribution in [0.3, 0.4) is 0 Å². The zero-order valence-corrected chi connectivity index (χ0v) is 11.5. The number of hydrogen-bond donors (Lipinski definition) is 1. The molecule has 1 N–H and O–H groups in total. The molecule has 3 aromatic rings. The Balaban J connectivity index is 1.78. The van der Waals surface area contributed by atoms with E-state index in [9.17, 15) is 0 Å². The molecule has 0 radical (unpaired) electrons. The van der Waals surface area contributed by atoms with Crippen LogP contribution in [-0.4, -0.2) is 0 Å². The maximum Gasteiger partial charge on any atom is 0.197 e. The van der Waals surface area contributed by atoms with E-state index in [1.807, 2.05) is 48.5 Å². The van der Waals surface area contributed by atoms with Crippen LogP contribution in [0.15, 0.2) is 78.9 Å². The van der Waals surface area contributed by atoms with Crippen molar-refractivity contribution in [1.29, 1.82) is 0 Å². The lowest BCUT2D eigenvalue weighted by atomic mass is 9.95. The average Bonchev–Trinajstić information content (AvgIpc) is 2.56. The Morgan fingerprint density at radius 3 is 2.19 bits per heavy atom. The van der Waals surface area contributed by atoms with Gasteiger partial charge in [-0.05, 0) is 23.8 Å². The fourth-order valence-electron chi connectivity index (χ4n) is 2.75. The van der Waals surface area contributed by atoms with Gasteiger partial charge in [-0.15, -0.1) is 0 Å². The summed E-state index contributed by atoms with van der Waals surface area (Å²) in [4.78, 5) is 0. The van der Waals surface area contributed by atoms with Crippen molar-refractivity contribution in [1.82, 2.24) is 0 Å². The first-order valence-electron chi connectivity index (χ1n) is 7.08. The Morgan fingerprint density at radius 1 is 0.667 bits per heavy atom. The van der Waals surface area contributed by atoms with E-state index < -0.39 is 0 Å². The molecule has 0 aromatic heterocycles. The van der Waals surface area contributed by atoms with Gasteiger partial charge in [-0.3, -0.25) is 0 Å².